The summed E-state index contributed by atoms with van der Waals surface area (Å²) in [7, 11) is 0. The van der Waals surface area contributed by atoms with E-state index in [-0.39, 0.29) is 0 Å². The maximum absolute atomic E-state index is 3.50. The van der Waals surface area contributed by atoms with Crippen molar-refractivity contribution < 1.29 is 0 Å². The van der Waals surface area contributed by atoms with E-state index in [1.54, 1.807) is 0 Å². The van der Waals surface area contributed by atoms with Crippen LogP contribution in [0.3, 0.4) is 0 Å². The van der Waals surface area contributed by atoms with Crippen LogP contribution in [-0.2, 0) is 0 Å². The SMILES string of the molecule is [CH2-]C[CH+]Br. The molecule has 0 aliphatic heterocycles. The third-order valence-electron chi connectivity index (χ3n) is 0.109. The lowest BCUT2D eigenvalue weighted by atomic mass is 10.6. The van der Waals surface area contributed by atoms with Gasteiger partial charge in [-0.05, 0) is 6.42 Å². The van der Waals surface area contributed by atoms with Crippen LogP contribution in [0.1, 0.15) is 6.42 Å². The Bertz CT molecular complexity index is 5.25. The molecule has 4 heavy (non-hydrogen) atoms. The summed E-state index contributed by atoms with van der Waals surface area (Å²) in [6.45, 7) is 3.50. The quantitative estimate of drug-likeness (QED) is 0.463. The summed E-state index contributed by atoms with van der Waals surface area (Å²) in [6.07, 6.45) is 0.861. The fourth-order valence-electron chi connectivity index (χ4n) is 0. The fourth-order valence-corrected chi connectivity index (χ4v) is 0. The van der Waals surface area contributed by atoms with Gasteiger partial charge in [0.2, 0.25) is 0 Å². The van der Waals surface area contributed by atoms with E-state index in [0.29, 0.717) is 0 Å². The van der Waals surface area contributed by atoms with E-state index in [9.17, 15) is 0 Å². The molecule has 0 heterocycles. The van der Waals surface area contributed by atoms with Crippen LogP contribution >= 0.6 is 15.9 Å². The second kappa shape index (κ2) is 3.35. The van der Waals surface area contributed by atoms with Crippen LogP contribution in [-0.4, -0.2) is 0 Å². The van der Waals surface area contributed by atoms with E-state index in [1.807, 2.05) is 5.33 Å². The molecule has 0 nitrogen and oxygen atoms in total. The predicted molar refractivity (Wildman–Crippen MR) is 23.2 cm³/mol. The Labute approximate surface area is 35.3 Å². The molecule has 0 aromatic carbocycles. The summed E-state index contributed by atoms with van der Waals surface area (Å²) >= 11 is 3.06. The second-order valence-electron chi connectivity index (χ2n) is 0.443. The lowest BCUT2D eigenvalue weighted by Gasteiger charge is -1.62. The Morgan fingerprint density at radius 2 is 2.25 bits per heavy atom. The Morgan fingerprint density at radius 1 is 2.00 bits per heavy atom. The van der Waals surface area contributed by atoms with Crippen LogP contribution in [0.25, 0.3) is 0 Å². The molecule has 0 radical (unpaired) electrons. The fraction of sp³-hybridized carbons (Fsp3) is 0.333. The molecule has 0 bridgehead atoms. The zero-order chi connectivity index (χ0) is 3.41. The van der Waals surface area contributed by atoms with Crippen LogP contribution in [0.2, 0.25) is 0 Å². The Morgan fingerprint density at radius 3 is 2.25 bits per heavy atom. The number of halogens is 1. The molecule has 0 aliphatic rings. The van der Waals surface area contributed by atoms with Gasteiger partial charge < -0.3 is 0 Å². The molecule has 0 spiro atoms. The first-order chi connectivity index (χ1) is 1.91. The van der Waals surface area contributed by atoms with Gasteiger partial charge in [0, 0.05) is 0 Å². The summed E-state index contributed by atoms with van der Waals surface area (Å²) in [5, 5.41) is 1.83. The van der Waals surface area contributed by atoms with Gasteiger partial charge in [-0.3, -0.25) is 6.92 Å². The standard InChI is InChI=1S/C3H5Br/c1-2-3-4/h3H,1-2H2. The van der Waals surface area contributed by atoms with Gasteiger partial charge in [-0.25, -0.2) is 0 Å². The molecular formula is C3H5Br. The van der Waals surface area contributed by atoms with E-state index in [0.717, 1.165) is 6.42 Å². The van der Waals surface area contributed by atoms with E-state index < -0.39 is 0 Å². The molecule has 0 atom stereocenters. The zero-order valence-electron chi connectivity index (χ0n) is 2.37. The molecule has 0 aliphatic carbocycles. The highest BCUT2D eigenvalue weighted by Crippen LogP contribution is 1.89. The largest absolute Gasteiger partial charge is 0.298 e. The van der Waals surface area contributed by atoms with Crippen molar-refractivity contribution in [3.63, 3.8) is 0 Å². The molecule has 0 aromatic heterocycles. The minimum Gasteiger partial charge on any atom is -0.298 e. The lowest BCUT2D eigenvalue weighted by molar-refractivity contribution is 1.39. The minimum atomic E-state index is 0.861. The normalized spacial score (nSPS) is 6.50. The van der Waals surface area contributed by atoms with E-state index in [1.165, 1.54) is 0 Å². The monoisotopic (exact) mass is 120 g/mol. The van der Waals surface area contributed by atoms with Gasteiger partial charge in [-0.1, -0.05) is 0 Å². The molecule has 0 aromatic rings. The van der Waals surface area contributed by atoms with Crippen molar-refractivity contribution in [1.82, 2.24) is 0 Å². The molecule has 0 amide bonds. The van der Waals surface area contributed by atoms with Crippen molar-refractivity contribution in [2.24, 2.45) is 0 Å². The summed E-state index contributed by atoms with van der Waals surface area (Å²) in [5.74, 6) is 0. The number of hydrogen-bond acceptors (Lipinski definition) is 0. The average Bonchev–Trinajstić information content (AvgIpc) is 1.37. The first-order valence-electron chi connectivity index (χ1n) is 1.13. The van der Waals surface area contributed by atoms with E-state index in [2.05, 4.69) is 22.9 Å². The maximum atomic E-state index is 3.50. The highest BCUT2D eigenvalue weighted by Gasteiger charge is 1.66. The summed E-state index contributed by atoms with van der Waals surface area (Å²) < 4.78 is 0. The summed E-state index contributed by atoms with van der Waals surface area (Å²) in [4.78, 5) is 0. The highest BCUT2D eigenvalue weighted by molar-refractivity contribution is 9.10. The Balaban J connectivity index is 1.97. The third kappa shape index (κ3) is 2.35. The topological polar surface area (TPSA) is 0 Å². The third-order valence-corrected chi connectivity index (χ3v) is 0.567. The Hall–Kier alpha value is 0.350. The molecule has 0 rings (SSSR count). The smallest absolute Gasteiger partial charge is 0.192 e. The van der Waals surface area contributed by atoms with Gasteiger partial charge in [-0.2, -0.15) is 0 Å². The van der Waals surface area contributed by atoms with E-state index >= 15 is 0 Å². The van der Waals surface area contributed by atoms with Crippen molar-refractivity contribution in [2.75, 3.05) is 0 Å². The van der Waals surface area contributed by atoms with Crippen molar-refractivity contribution in [3.8, 4) is 0 Å². The number of rotatable bonds is 1. The first-order valence-corrected chi connectivity index (χ1v) is 2.04. The van der Waals surface area contributed by atoms with Gasteiger partial charge in [-0.15, -0.1) is 0 Å². The molecule has 0 unspecified atom stereocenters. The Kier molecular flexibility index (Phi) is 3.64. The molecule has 0 saturated carbocycles. The number of hydrogen-bond donors (Lipinski definition) is 0. The van der Waals surface area contributed by atoms with Crippen molar-refractivity contribution in [3.05, 3.63) is 12.3 Å². The molecule has 24 valence electrons. The van der Waals surface area contributed by atoms with Crippen LogP contribution in [0, 0.1) is 12.3 Å². The molecule has 0 fully saturated rings. The van der Waals surface area contributed by atoms with Gasteiger partial charge in [0.15, 0.2) is 15.9 Å². The highest BCUT2D eigenvalue weighted by atomic mass is 79.9. The molecule has 1 heteroatoms. The van der Waals surface area contributed by atoms with Crippen molar-refractivity contribution in [2.45, 2.75) is 6.42 Å². The van der Waals surface area contributed by atoms with E-state index in [4.69, 9.17) is 0 Å². The van der Waals surface area contributed by atoms with Crippen LogP contribution < -0.4 is 0 Å². The van der Waals surface area contributed by atoms with Crippen LogP contribution in [0.5, 0.6) is 0 Å². The van der Waals surface area contributed by atoms with Gasteiger partial charge >= 0.3 is 0 Å². The average molecular weight is 121 g/mol. The van der Waals surface area contributed by atoms with Gasteiger partial charge in [0.05, 0.1) is 0 Å². The second-order valence-corrected chi connectivity index (χ2v) is 1.09. The van der Waals surface area contributed by atoms with Gasteiger partial charge in [0.1, 0.15) is 5.33 Å². The van der Waals surface area contributed by atoms with Crippen molar-refractivity contribution in [1.29, 1.82) is 0 Å². The molecular weight excluding hydrogens is 116 g/mol. The minimum absolute atomic E-state index is 0.861. The van der Waals surface area contributed by atoms with Crippen LogP contribution in [0.4, 0.5) is 0 Å². The summed E-state index contributed by atoms with van der Waals surface area (Å²) in [6, 6.07) is 0. The van der Waals surface area contributed by atoms with Crippen LogP contribution in [0.15, 0.2) is 0 Å². The molecule has 0 saturated heterocycles. The zero-order valence-corrected chi connectivity index (χ0v) is 3.96. The first kappa shape index (κ1) is 4.35. The summed E-state index contributed by atoms with van der Waals surface area (Å²) in [5.41, 5.74) is 0. The lowest BCUT2D eigenvalue weighted by Crippen LogP contribution is -1.44. The maximum Gasteiger partial charge on any atom is 0.192 e. The predicted octanol–water partition coefficient (Wildman–Crippen LogP) is 1.77. The van der Waals surface area contributed by atoms with Gasteiger partial charge in [0.25, 0.3) is 0 Å². The molecule has 0 N–H and O–H groups in total. The van der Waals surface area contributed by atoms with Crippen molar-refractivity contribution >= 4 is 15.9 Å².